The monoisotopic (exact) mass is 196 g/mol. The summed E-state index contributed by atoms with van der Waals surface area (Å²) in [6, 6.07) is 0. The molecule has 0 bridgehead atoms. The Kier molecular flexibility index (Phi) is 2.59. The Labute approximate surface area is 84.1 Å². The van der Waals surface area contributed by atoms with Crippen molar-refractivity contribution >= 4 is 5.97 Å². The number of hydrogen-bond donors (Lipinski definition) is 0. The first-order valence-electron chi connectivity index (χ1n) is 5.10. The highest BCUT2D eigenvalue weighted by Crippen LogP contribution is 2.38. The Hall–Kier alpha value is -0.830. The second-order valence-corrected chi connectivity index (χ2v) is 4.08. The average molecular weight is 196 g/mol. The normalized spacial score (nSPS) is 31.6. The van der Waals surface area contributed by atoms with Crippen LogP contribution in [0.2, 0.25) is 0 Å². The van der Waals surface area contributed by atoms with E-state index in [4.69, 9.17) is 9.47 Å². The van der Waals surface area contributed by atoms with Crippen LogP contribution in [-0.2, 0) is 14.3 Å². The van der Waals surface area contributed by atoms with E-state index in [1.54, 1.807) is 0 Å². The van der Waals surface area contributed by atoms with Gasteiger partial charge in [0.15, 0.2) is 0 Å². The fourth-order valence-electron chi connectivity index (χ4n) is 2.46. The summed E-state index contributed by atoms with van der Waals surface area (Å²) >= 11 is 0. The molecule has 0 aromatic rings. The van der Waals surface area contributed by atoms with E-state index in [9.17, 15) is 4.79 Å². The lowest BCUT2D eigenvalue weighted by molar-refractivity contribution is -0.147. The van der Waals surface area contributed by atoms with Crippen molar-refractivity contribution in [2.45, 2.75) is 19.8 Å². The lowest BCUT2D eigenvalue weighted by atomic mass is 9.77. The highest BCUT2D eigenvalue weighted by Gasteiger charge is 2.35. The zero-order valence-electron chi connectivity index (χ0n) is 8.71. The molecule has 1 aliphatic heterocycles. The van der Waals surface area contributed by atoms with E-state index in [2.05, 4.69) is 6.92 Å². The van der Waals surface area contributed by atoms with Crippen LogP contribution in [-0.4, -0.2) is 26.3 Å². The molecular formula is C11H16O3. The Morgan fingerprint density at radius 2 is 2.29 bits per heavy atom. The van der Waals surface area contributed by atoms with Gasteiger partial charge in [-0.1, -0.05) is 6.92 Å². The van der Waals surface area contributed by atoms with Crippen molar-refractivity contribution in [3.63, 3.8) is 0 Å². The third-order valence-corrected chi connectivity index (χ3v) is 3.40. The summed E-state index contributed by atoms with van der Waals surface area (Å²) in [5, 5.41) is 0. The molecule has 2 rings (SSSR count). The SMILES string of the molecule is COC(=O)[C@H]1CCC2=C(COC2)[C@@H]1C. The Bertz CT molecular complexity index is 280. The molecular weight excluding hydrogens is 180 g/mol. The van der Waals surface area contributed by atoms with Gasteiger partial charge < -0.3 is 9.47 Å². The maximum Gasteiger partial charge on any atom is 0.309 e. The fourth-order valence-corrected chi connectivity index (χ4v) is 2.46. The predicted octanol–water partition coefficient (Wildman–Crippen LogP) is 1.53. The van der Waals surface area contributed by atoms with Crippen LogP contribution < -0.4 is 0 Å². The van der Waals surface area contributed by atoms with Crippen LogP contribution in [0.3, 0.4) is 0 Å². The van der Waals surface area contributed by atoms with E-state index in [1.807, 2.05) is 0 Å². The molecule has 0 fully saturated rings. The average Bonchev–Trinajstić information content (AvgIpc) is 2.66. The van der Waals surface area contributed by atoms with E-state index < -0.39 is 0 Å². The molecule has 0 aromatic carbocycles. The Balaban J connectivity index is 2.16. The van der Waals surface area contributed by atoms with Gasteiger partial charge in [0.25, 0.3) is 0 Å². The van der Waals surface area contributed by atoms with E-state index in [0.29, 0.717) is 12.5 Å². The zero-order valence-corrected chi connectivity index (χ0v) is 8.71. The molecule has 0 N–H and O–H groups in total. The van der Waals surface area contributed by atoms with Crippen LogP contribution in [0.25, 0.3) is 0 Å². The first-order chi connectivity index (χ1) is 6.74. The van der Waals surface area contributed by atoms with Crippen molar-refractivity contribution < 1.29 is 14.3 Å². The summed E-state index contributed by atoms with van der Waals surface area (Å²) < 4.78 is 10.2. The third kappa shape index (κ3) is 1.46. The maximum atomic E-state index is 11.5. The molecule has 0 aromatic heterocycles. The summed E-state index contributed by atoms with van der Waals surface area (Å²) in [7, 11) is 1.46. The molecule has 0 saturated carbocycles. The summed E-state index contributed by atoms with van der Waals surface area (Å²) in [5.41, 5.74) is 2.75. The second kappa shape index (κ2) is 3.73. The number of ether oxygens (including phenoxy) is 2. The fraction of sp³-hybridized carbons (Fsp3) is 0.727. The van der Waals surface area contributed by atoms with E-state index in [1.165, 1.54) is 18.3 Å². The minimum Gasteiger partial charge on any atom is -0.469 e. The highest BCUT2D eigenvalue weighted by molar-refractivity contribution is 5.73. The molecule has 0 radical (unpaired) electrons. The molecule has 0 saturated heterocycles. The summed E-state index contributed by atoms with van der Waals surface area (Å²) in [5.74, 6) is 0.269. The molecule has 78 valence electrons. The first kappa shape index (κ1) is 9.71. The third-order valence-electron chi connectivity index (χ3n) is 3.40. The van der Waals surface area contributed by atoms with Gasteiger partial charge in [-0.15, -0.1) is 0 Å². The zero-order chi connectivity index (χ0) is 10.1. The van der Waals surface area contributed by atoms with E-state index >= 15 is 0 Å². The van der Waals surface area contributed by atoms with Crippen molar-refractivity contribution in [3.8, 4) is 0 Å². The van der Waals surface area contributed by atoms with Gasteiger partial charge in [0, 0.05) is 0 Å². The molecule has 0 amide bonds. The molecule has 2 atom stereocenters. The van der Waals surface area contributed by atoms with Crippen molar-refractivity contribution in [3.05, 3.63) is 11.1 Å². The summed E-state index contributed by atoms with van der Waals surface area (Å²) in [6.45, 7) is 3.59. The minimum atomic E-state index is -0.0732. The van der Waals surface area contributed by atoms with Gasteiger partial charge in [-0.25, -0.2) is 0 Å². The quantitative estimate of drug-likeness (QED) is 0.471. The van der Waals surface area contributed by atoms with Gasteiger partial charge in [0.1, 0.15) is 0 Å². The van der Waals surface area contributed by atoms with Crippen molar-refractivity contribution in [1.82, 2.24) is 0 Å². The van der Waals surface area contributed by atoms with Gasteiger partial charge in [-0.3, -0.25) is 4.79 Å². The number of carbonyl (C=O) groups excluding carboxylic acids is 1. The lowest BCUT2D eigenvalue weighted by Crippen LogP contribution is -2.28. The van der Waals surface area contributed by atoms with E-state index in [-0.39, 0.29) is 11.9 Å². The van der Waals surface area contributed by atoms with E-state index in [0.717, 1.165) is 19.4 Å². The Morgan fingerprint density at radius 3 is 3.00 bits per heavy atom. The molecule has 1 aliphatic carbocycles. The smallest absolute Gasteiger partial charge is 0.309 e. The second-order valence-electron chi connectivity index (χ2n) is 4.08. The van der Waals surface area contributed by atoms with Crippen molar-refractivity contribution in [2.24, 2.45) is 11.8 Å². The summed E-state index contributed by atoms with van der Waals surface area (Å²) in [6.07, 6.45) is 1.91. The maximum absolute atomic E-state index is 11.5. The van der Waals surface area contributed by atoms with Gasteiger partial charge in [-0.2, -0.15) is 0 Å². The molecule has 3 heteroatoms. The standard InChI is InChI=1S/C11H16O3/c1-7-9(11(12)13-2)4-3-8-5-14-6-10(7)8/h7,9H,3-6H2,1-2H3/t7-,9+/m1/s1. The van der Waals surface area contributed by atoms with Gasteiger partial charge in [0.05, 0.1) is 26.2 Å². The first-order valence-corrected chi connectivity index (χ1v) is 5.10. The summed E-state index contributed by atoms with van der Waals surface area (Å²) in [4.78, 5) is 11.5. The van der Waals surface area contributed by atoms with Gasteiger partial charge in [0.2, 0.25) is 0 Å². The van der Waals surface area contributed by atoms with Crippen LogP contribution in [0.4, 0.5) is 0 Å². The number of carbonyl (C=O) groups is 1. The molecule has 1 heterocycles. The van der Waals surface area contributed by atoms with Crippen LogP contribution in [0, 0.1) is 11.8 Å². The van der Waals surface area contributed by atoms with Gasteiger partial charge >= 0.3 is 5.97 Å². The number of rotatable bonds is 1. The van der Waals surface area contributed by atoms with Crippen LogP contribution in [0.1, 0.15) is 19.8 Å². The van der Waals surface area contributed by atoms with Crippen molar-refractivity contribution in [2.75, 3.05) is 20.3 Å². The lowest BCUT2D eigenvalue weighted by Gasteiger charge is -2.27. The molecule has 0 spiro atoms. The topological polar surface area (TPSA) is 35.5 Å². The Morgan fingerprint density at radius 1 is 1.50 bits per heavy atom. The minimum absolute atomic E-state index is 0.0421. The molecule has 2 aliphatic rings. The van der Waals surface area contributed by atoms with Crippen LogP contribution in [0.15, 0.2) is 11.1 Å². The predicted molar refractivity (Wildman–Crippen MR) is 51.7 cm³/mol. The molecule has 0 unspecified atom stereocenters. The highest BCUT2D eigenvalue weighted by atomic mass is 16.5. The molecule has 14 heavy (non-hydrogen) atoms. The number of esters is 1. The van der Waals surface area contributed by atoms with Crippen LogP contribution >= 0.6 is 0 Å². The largest absolute Gasteiger partial charge is 0.469 e. The number of hydrogen-bond acceptors (Lipinski definition) is 3. The van der Waals surface area contributed by atoms with Crippen molar-refractivity contribution in [1.29, 1.82) is 0 Å². The van der Waals surface area contributed by atoms with Gasteiger partial charge in [-0.05, 0) is 29.9 Å². The molecule has 3 nitrogen and oxygen atoms in total. The van der Waals surface area contributed by atoms with Crippen LogP contribution in [0.5, 0.6) is 0 Å². The number of methoxy groups -OCH3 is 1.